The molecule has 0 radical (unpaired) electrons. The molecule has 1 fully saturated rings. The lowest BCUT2D eigenvalue weighted by Crippen LogP contribution is -2.44. The molecule has 1 aromatic carbocycles. The van der Waals surface area contributed by atoms with Crippen LogP contribution in [0.15, 0.2) is 48.9 Å². The lowest BCUT2D eigenvalue weighted by Gasteiger charge is -2.34. The van der Waals surface area contributed by atoms with Crippen LogP contribution >= 0.6 is 0 Å². The van der Waals surface area contributed by atoms with Crippen molar-refractivity contribution < 1.29 is 4.79 Å². The molecule has 1 atom stereocenters. The molecule has 0 saturated carbocycles. The molecular formula is C21H24N6O. The van der Waals surface area contributed by atoms with Crippen molar-refractivity contribution in [2.45, 2.75) is 13.0 Å². The van der Waals surface area contributed by atoms with Crippen molar-refractivity contribution in [3.8, 4) is 0 Å². The van der Waals surface area contributed by atoms with Crippen molar-refractivity contribution in [1.82, 2.24) is 25.2 Å². The fourth-order valence-electron chi connectivity index (χ4n) is 3.38. The maximum absolute atomic E-state index is 12.6. The Morgan fingerprint density at radius 1 is 1.04 bits per heavy atom. The molecular weight excluding hydrogens is 352 g/mol. The number of likely N-dealkylation sites (N-methyl/N-ethyl adjacent to an activating group) is 1. The number of pyridine rings is 1. The first kappa shape index (κ1) is 18.3. The number of fused-ring (bicyclic) bond motifs is 1. The summed E-state index contributed by atoms with van der Waals surface area (Å²) in [5.74, 6) is -0.171. The fourth-order valence-corrected chi connectivity index (χ4v) is 3.38. The van der Waals surface area contributed by atoms with E-state index in [1.807, 2.05) is 6.92 Å². The third kappa shape index (κ3) is 3.94. The first-order valence-corrected chi connectivity index (χ1v) is 9.51. The summed E-state index contributed by atoms with van der Waals surface area (Å²) in [5.41, 5.74) is 3.92. The molecule has 4 rings (SSSR count). The molecule has 1 unspecified atom stereocenters. The summed E-state index contributed by atoms with van der Waals surface area (Å²) in [6, 6.07) is 10.1. The van der Waals surface area contributed by atoms with E-state index in [-0.39, 0.29) is 11.9 Å². The number of carbonyl (C=O) groups is 1. The predicted octanol–water partition coefficient (Wildman–Crippen LogP) is 2.27. The molecule has 1 aliphatic heterocycles. The molecule has 7 heteroatoms. The summed E-state index contributed by atoms with van der Waals surface area (Å²) in [4.78, 5) is 29.9. The van der Waals surface area contributed by atoms with E-state index < -0.39 is 0 Å². The number of benzene rings is 1. The largest absolute Gasteiger partial charge is 0.369 e. The highest BCUT2D eigenvalue weighted by Crippen LogP contribution is 2.21. The molecule has 7 nitrogen and oxygen atoms in total. The Labute approximate surface area is 164 Å². The van der Waals surface area contributed by atoms with E-state index in [1.54, 1.807) is 18.5 Å². The van der Waals surface area contributed by atoms with Crippen LogP contribution in [0.2, 0.25) is 0 Å². The van der Waals surface area contributed by atoms with Crippen molar-refractivity contribution in [1.29, 1.82) is 0 Å². The topological polar surface area (TPSA) is 74.2 Å². The smallest absolute Gasteiger partial charge is 0.253 e. The predicted molar refractivity (Wildman–Crippen MR) is 109 cm³/mol. The lowest BCUT2D eigenvalue weighted by atomic mass is 10.1. The number of nitrogens with zero attached hydrogens (tertiary/aromatic N) is 5. The zero-order valence-corrected chi connectivity index (χ0v) is 16.2. The van der Waals surface area contributed by atoms with Crippen LogP contribution in [-0.2, 0) is 0 Å². The Hall–Kier alpha value is -3.06. The van der Waals surface area contributed by atoms with Crippen LogP contribution in [-0.4, -0.2) is 59.0 Å². The van der Waals surface area contributed by atoms with Gasteiger partial charge in [0, 0.05) is 50.5 Å². The summed E-state index contributed by atoms with van der Waals surface area (Å²) in [7, 11) is 2.16. The van der Waals surface area contributed by atoms with Crippen molar-refractivity contribution in [2.75, 3.05) is 38.1 Å². The van der Waals surface area contributed by atoms with Crippen LogP contribution in [0.5, 0.6) is 0 Å². The first-order chi connectivity index (χ1) is 13.6. The molecule has 1 aliphatic rings. The third-order valence-corrected chi connectivity index (χ3v) is 5.20. The molecule has 0 spiro atoms. The molecule has 0 aliphatic carbocycles. The van der Waals surface area contributed by atoms with Gasteiger partial charge in [0.25, 0.3) is 5.91 Å². The summed E-state index contributed by atoms with van der Waals surface area (Å²) in [6.45, 7) is 6.23. The van der Waals surface area contributed by atoms with Gasteiger partial charge in [0.15, 0.2) is 5.65 Å². The molecule has 3 heterocycles. The Bertz CT molecular complexity index is 966. The van der Waals surface area contributed by atoms with Crippen molar-refractivity contribution in [2.24, 2.45) is 0 Å². The lowest BCUT2D eigenvalue weighted by molar-refractivity contribution is 0.0939. The summed E-state index contributed by atoms with van der Waals surface area (Å²) < 4.78 is 0. The van der Waals surface area contributed by atoms with Gasteiger partial charge >= 0.3 is 0 Å². The van der Waals surface area contributed by atoms with Crippen LogP contribution in [0.3, 0.4) is 0 Å². The molecule has 0 bridgehead atoms. The van der Waals surface area contributed by atoms with E-state index in [9.17, 15) is 4.79 Å². The van der Waals surface area contributed by atoms with Gasteiger partial charge in [-0.3, -0.25) is 9.78 Å². The molecule has 3 aromatic rings. The zero-order valence-electron chi connectivity index (χ0n) is 16.2. The van der Waals surface area contributed by atoms with E-state index in [0.29, 0.717) is 16.7 Å². The summed E-state index contributed by atoms with van der Waals surface area (Å²) in [5, 5.41) is 3.03. The number of hydrogen-bond acceptors (Lipinski definition) is 6. The van der Waals surface area contributed by atoms with Crippen molar-refractivity contribution >= 4 is 22.8 Å². The number of piperazine rings is 1. The average Bonchev–Trinajstić information content (AvgIpc) is 2.74. The van der Waals surface area contributed by atoms with E-state index in [0.717, 1.165) is 31.7 Å². The summed E-state index contributed by atoms with van der Waals surface area (Å²) in [6.07, 6.45) is 4.72. The Kier molecular flexibility index (Phi) is 5.16. The zero-order chi connectivity index (χ0) is 19.5. The molecule has 144 valence electrons. The van der Waals surface area contributed by atoms with Gasteiger partial charge < -0.3 is 15.1 Å². The number of nitrogens with one attached hydrogen (secondary N) is 1. The second-order valence-electron chi connectivity index (χ2n) is 7.20. The highest BCUT2D eigenvalue weighted by molar-refractivity contribution is 5.96. The number of carbonyl (C=O) groups excluding carboxylic acids is 1. The summed E-state index contributed by atoms with van der Waals surface area (Å²) >= 11 is 0. The second-order valence-corrected chi connectivity index (χ2v) is 7.20. The highest BCUT2D eigenvalue weighted by atomic mass is 16.1. The van der Waals surface area contributed by atoms with Crippen LogP contribution in [0.4, 0.5) is 5.69 Å². The third-order valence-electron chi connectivity index (χ3n) is 5.20. The molecule has 28 heavy (non-hydrogen) atoms. The monoisotopic (exact) mass is 376 g/mol. The fraction of sp³-hybridized carbons (Fsp3) is 0.333. The van der Waals surface area contributed by atoms with Crippen LogP contribution < -0.4 is 10.2 Å². The number of rotatable bonds is 4. The first-order valence-electron chi connectivity index (χ1n) is 9.51. The highest BCUT2D eigenvalue weighted by Gasteiger charge is 2.16. The van der Waals surface area contributed by atoms with Gasteiger partial charge in [0.1, 0.15) is 5.52 Å². The number of amides is 1. The van der Waals surface area contributed by atoms with E-state index >= 15 is 0 Å². The average molecular weight is 376 g/mol. The maximum Gasteiger partial charge on any atom is 0.253 e. The second kappa shape index (κ2) is 7.90. The Morgan fingerprint density at radius 2 is 1.75 bits per heavy atom. The van der Waals surface area contributed by atoms with Gasteiger partial charge in [0.05, 0.1) is 11.6 Å². The molecule has 1 N–H and O–H groups in total. The number of hydrogen-bond donors (Lipinski definition) is 1. The number of aromatic nitrogens is 3. The van der Waals surface area contributed by atoms with Gasteiger partial charge in [-0.1, -0.05) is 12.1 Å². The standard InChI is InChI=1S/C21H24N6O/c1-15(16-3-5-18(6-4-16)27-11-9-26(2)10-12-27)25-21(28)17-13-19-20(24-14-17)23-8-7-22-19/h3-8,13-15H,9-12H2,1-2H3,(H,25,28). The van der Waals surface area contributed by atoms with E-state index in [4.69, 9.17) is 0 Å². The minimum Gasteiger partial charge on any atom is -0.369 e. The van der Waals surface area contributed by atoms with Gasteiger partial charge in [-0.2, -0.15) is 0 Å². The van der Waals surface area contributed by atoms with Gasteiger partial charge in [-0.05, 0) is 37.7 Å². The Balaban J connectivity index is 1.42. The number of anilines is 1. The Morgan fingerprint density at radius 3 is 2.50 bits per heavy atom. The van der Waals surface area contributed by atoms with Crippen LogP contribution in [0.1, 0.15) is 28.9 Å². The van der Waals surface area contributed by atoms with Crippen LogP contribution in [0, 0.1) is 0 Å². The van der Waals surface area contributed by atoms with Gasteiger partial charge in [0.2, 0.25) is 0 Å². The molecule has 1 saturated heterocycles. The quantitative estimate of drug-likeness (QED) is 0.753. The van der Waals surface area contributed by atoms with Crippen molar-refractivity contribution in [3.63, 3.8) is 0 Å². The van der Waals surface area contributed by atoms with Crippen LogP contribution in [0.25, 0.3) is 11.2 Å². The molecule has 2 aromatic heterocycles. The van der Waals surface area contributed by atoms with E-state index in [2.05, 4.69) is 61.4 Å². The minimum atomic E-state index is -0.171. The van der Waals surface area contributed by atoms with Crippen molar-refractivity contribution in [3.05, 3.63) is 60.0 Å². The normalized spacial score (nSPS) is 16.1. The molecule has 1 amide bonds. The SMILES string of the molecule is CC(NC(=O)c1cnc2nccnc2c1)c1ccc(N2CCN(C)CC2)cc1. The minimum absolute atomic E-state index is 0.105. The van der Waals surface area contributed by atoms with Gasteiger partial charge in [-0.15, -0.1) is 0 Å². The van der Waals surface area contributed by atoms with Gasteiger partial charge in [-0.25, -0.2) is 9.97 Å². The maximum atomic E-state index is 12.6. The van der Waals surface area contributed by atoms with E-state index in [1.165, 1.54) is 11.9 Å².